The van der Waals surface area contributed by atoms with Crippen LogP contribution in [0.3, 0.4) is 0 Å². The number of amides is 2. The molecule has 34 heavy (non-hydrogen) atoms. The summed E-state index contributed by atoms with van der Waals surface area (Å²) in [6.07, 6.45) is -1.03. The third-order valence-electron chi connectivity index (χ3n) is 5.85. The second-order valence-electron chi connectivity index (χ2n) is 8.68. The number of nitrogens with one attached hydrogen (secondary N) is 3. The summed E-state index contributed by atoms with van der Waals surface area (Å²) < 4.78 is 5.76. The highest BCUT2D eigenvalue weighted by Crippen LogP contribution is 2.35. The van der Waals surface area contributed by atoms with Gasteiger partial charge in [0.2, 0.25) is 5.91 Å². The second kappa shape index (κ2) is 9.73. The van der Waals surface area contributed by atoms with Gasteiger partial charge in [0.25, 0.3) is 5.91 Å². The van der Waals surface area contributed by atoms with Crippen LogP contribution in [0.1, 0.15) is 47.9 Å². The zero-order valence-corrected chi connectivity index (χ0v) is 19.3. The standard InChI is InChI=1S/C25H27BN4O4/c1-13-4-6-21-16(8-13)20(31)11-22(34-21)25(33)28-15(3)5-7-24(32)27-12-23-29-18-9-14(2)17(26)10-19(18)30-23/h4,6,8-10,20,22,31H,3,5,7,11-12H2,1-2H3,(H,27,32)(H,28,33)(H,29,30)/t20-,22-/m1/s1. The maximum atomic E-state index is 12.6. The first-order chi connectivity index (χ1) is 16.2. The van der Waals surface area contributed by atoms with Crippen molar-refractivity contribution in [1.29, 1.82) is 0 Å². The molecular weight excluding hydrogens is 431 g/mol. The van der Waals surface area contributed by atoms with Crippen LogP contribution in [0, 0.1) is 13.8 Å². The van der Waals surface area contributed by atoms with Crippen LogP contribution in [-0.2, 0) is 16.1 Å². The van der Waals surface area contributed by atoms with Gasteiger partial charge in [0.1, 0.15) is 19.4 Å². The van der Waals surface area contributed by atoms with Gasteiger partial charge in [-0.1, -0.05) is 29.2 Å². The number of aryl methyl sites for hydroxylation is 2. The van der Waals surface area contributed by atoms with Crippen LogP contribution in [-0.4, -0.2) is 40.8 Å². The predicted octanol–water partition coefficient (Wildman–Crippen LogP) is 1.88. The van der Waals surface area contributed by atoms with Crippen molar-refractivity contribution in [2.75, 3.05) is 0 Å². The highest BCUT2D eigenvalue weighted by Gasteiger charge is 2.32. The third kappa shape index (κ3) is 5.31. The van der Waals surface area contributed by atoms with Gasteiger partial charge < -0.3 is 25.5 Å². The largest absolute Gasteiger partial charge is 0.480 e. The van der Waals surface area contributed by atoms with E-state index in [9.17, 15) is 14.7 Å². The van der Waals surface area contributed by atoms with Gasteiger partial charge in [-0.25, -0.2) is 4.98 Å². The number of fused-ring (bicyclic) bond motifs is 2. The molecule has 174 valence electrons. The molecule has 1 aliphatic heterocycles. The topological polar surface area (TPSA) is 116 Å². The van der Waals surface area contributed by atoms with Crippen LogP contribution in [0.25, 0.3) is 11.0 Å². The molecule has 0 aliphatic carbocycles. The molecule has 2 atom stereocenters. The lowest BCUT2D eigenvalue weighted by Crippen LogP contribution is -2.41. The number of carbonyl (C=O) groups is 2. The Bertz CT molecular complexity index is 1230. The van der Waals surface area contributed by atoms with E-state index < -0.39 is 18.1 Å². The first-order valence-electron chi connectivity index (χ1n) is 11.1. The molecule has 0 saturated heterocycles. The summed E-state index contributed by atoms with van der Waals surface area (Å²) in [6.45, 7) is 7.93. The number of ether oxygens (including phenoxy) is 1. The van der Waals surface area contributed by atoms with Gasteiger partial charge in [-0.2, -0.15) is 0 Å². The highest BCUT2D eigenvalue weighted by molar-refractivity contribution is 6.34. The van der Waals surface area contributed by atoms with Crippen LogP contribution in [0.5, 0.6) is 5.75 Å². The second-order valence-corrected chi connectivity index (χ2v) is 8.68. The quantitative estimate of drug-likeness (QED) is 0.404. The van der Waals surface area contributed by atoms with Crippen molar-refractivity contribution in [3.63, 3.8) is 0 Å². The molecule has 3 aromatic rings. The van der Waals surface area contributed by atoms with Crippen LogP contribution in [0.4, 0.5) is 0 Å². The Morgan fingerprint density at radius 1 is 1.26 bits per heavy atom. The molecule has 0 saturated carbocycles. The fraction of sp³-hybridized carbons (Fsp3) is 0.320. The molecule has 8 nitrogen and oxygen atoms in total. The van der Waals surface area contributed by atoms with Gasteiger partial charge in [0.05, 0.1) is 23.7 Å². The molecule has 0 unspecified atom stereocenters. The van der Waals surface area contributed by atoms with Crippen molar-refractivity contribution in [2.45, 2.75) is 51.9 Å². The SMILES string of the molecule is [B]c1cc2[nH]c(CNC(=O)CCC(=C)NC(=O)[C@H]3C[C@@H](O)c4cc(C)ccc4O3)nc2cc1C. The number of carbonyl (C=O) groups excluding carboxylic acids is 2. The van der Waals surface area contributed by atoms with Gasteiger partial charge in [-0.15, -0.1) is 0 Å². The Kier molecular flexibility index (Phi) is 6.74. The number of rotatable bonds is 7. The average Bonchev–Trinajstić information content (AvgIpc) is 3.18. The number of H-pyrrole nitrogens is 1. The summed E-state index contributed by atoms with van der Waals surface area (Å²) in [5.41, 5.74) is 5.33. The molecule has 2 amide bonds. The van der Waals surface area contributed by atoms with E-state index in [0.29, 0.717) is 28.3 Å². The van der Waals surface area contributed by atoms with E-state index in [-0.39, 0.29) is 31.7 Å². The van der Waals surface area contributed by atoms with Crippen molar-refractivity contribution < 1.29 is 19.4 Å². The third-order valence-corrected chi connectivity index (χ3v) is 5.85. The summed E-state index contributed by atoms with van der Waals surface area (Å²) in [5.74, 6) is 0.537. The molecule has 1 aliphatic rings. The van der Waals surface area contributed by atoms with Gasteiger partial charge >= 0.3 is 0 Å². The summed E-state index contributed by atoms with van der Waals surface area (Å²) in [4.78, 5) is 32.5. The normalized spacial score (nSPS) is 17.0. The van der Waals surface area contributed by atoms with E-state index in [1.54, 1.807) is 6.07 Å². The first-order valence-corrected chi connectivity index (χ1v) is 11.1. The number of hydrogen-bond donors (Lipinski definition) is 4. The average molecular weight is 458 g/mol. The molecule has 0 spiro atoms. The minimum Gasteiger partial charge on any atom is -0.480 e. The van der Waals surface area contributed by atoms with Crippen molar-refractivity contribution in [1.82, 2.24) is 20.6 Å². The molecule has 4 N–H and O–H groups in total. The molecule has 9 heteroatoms. The molecule has 2 aromatic carbocycles. The van der Waals surface area contributed by atoms with E-state index >= 15 is 0 Å². The van der Waals surface area contributed by atoms with Crippen LogP contribution >= 0.6 is 0 Å². The maximum Gasteiger partial charge on any atom is 0.265 e. The Balaban J connectivity index is 1.23. The fourth-order valence-corrected chi connectivity index (χ4v) is 3.89. The number of benzene rings is 2. The number of hydrogen-bond acceptors (Lipinski definition) is 5. The molecule has 1 aromatic heterocycles. The minimum absolute atomic E-state index is 0.152. The Morgan fingerprint density at radius 3 is 2.85 bits per heavy atom. The zero-order valence-electron chi connectivity index (χ0n) is 19.3. The van der Waals surface area contributed by atoms with Crippen molar-refractivity contribution >= 4 is 36.2 Å². The van der Waals surface area contributed by atoms with Crippen LogP contribution in [0.2, 0.25) is 0 Å². The molecule has 0 fully saturated rings. The smallest absolute Gasteiger partial charge is 0.265 e. The van der Waals surface area contributed by atoms with Gasteiger partial charge in [0.15, 0.2) is 6.10 Å². The summed E-state index contributed by atoms with van der Waals surface area (Å²) >= 11 is 0. The number of aliphatic hydroxyl groups is 1. The predicted molar refractivity (Wildman–Crippen MR) is 130 cm³/mol. The summed E-state index contributed by atoms with van der Waals surface area (Å²) in [6, 6.07) is 9.20. The van der Waals surface area contributed by atoms with E-state index in [1.807, 2.05) is 38.1 Å². The molecule has 2 radical (unpaired) electrons. The number of aromatic amines is 1. The Labute approximate surface area is 199 Å². The fourth-order valence-electron chi connectivity index (χ4n) is 3.89. The highest BCUT2D eigenvalue weighted by atomic mass is 16.5. The Morgan fingerprint density at radius 2 is 2.06 bits per heavy atom. The number of aromatic nitrogens is 2. The molecule has 2 heterocycles. The van der Waals surface area contributed by atoms with Gasteiger partial charge in [-0.3, -0.25) is 9.59 Å². The summed E-state index contributed by atoms with van der Waals surface area (Å²) in [5, 5.41) is 15.9. The zero-order chi connectivity index (χ0) is 24.4. The molecular formula is C25H27BN4O4. The maximum absolute atomic E-state index is 12.6. The number of imidazole rings is 1. The lowest BCUT2D eigenvalue weighted by atomic mass is 9.91. The van der Waals surface area contributed by atoms with E-state index in [2.05, 4.69) is 27.2 Å². The number of allylic oxidation sites excluding steroid dienone is 1. The van der Waals surface area contributed by atoms with Crippen LogP contribution in [0.15, 0.2) is 42.6 Å². The van der Waals surface area contributed by atoms with E-state index in [1.165, 1.54) is 0 Å². The molecule has 0 bridgehead atoms. The monoisotopic (exact) mass is 458 g/mol. The minimum atomic E-state index is -0.832. The van der Waals surface area contributed by atoms with E-state index in [4.69, 9.17) is 12.6 Å². The lowest BCUT2D eigenvalue weighted by molar-refractivity contribution is -0.129. The Hall–Kier alpha value is -3.59. The lowest BCUT2D eigenvalue weighted by Gasteiger charge is -2.29. The van der Waals surface area contributed by atoms with Crippen molar-refractivity contribution in [3.8, 4) is 5.75 Å². The van der Waals surface area contributed by atoms with Crippen molar-refractivity contribution in [2.24, 2.45) is 0 Å². The first kappa shape index (κ1) is 23.6. The molecule has 4 rings (SSSR count). The number of aliphatic hydroxyl groups excluding tert-OH is 1. The van der Waals surface area contributed by atoms with Crippen LogP contribution < -0.4 is 20.8 Å². The number of nitrogens with zero attached hydrogens (tertiary/aromatic N) is 1. The van der Waals surface area contributed by atoms with Gasteiger partial charge in [-0.05, 0) is 44.5 Å². The van der Waals surface area contributed by atoms with Gasteiger partial charge in [0, 0.05) is 24.1 Å². The van der Waals surface area contributed by atoms with E-state index in [0.717, 1.165) is 22.2 Å². The summed E-state index contributed by atoms with van der Waals surface area (Å²) in [7, 11) is 5.92. The van der Waals surface area contributed by atoms with Crippen molar-refractivity contribution in [3.05, 3.63) is 65.1 Å².